The summed E-state index contributed by atoms with van der Waals surface area (Å²) in [5.74, 6) is -1.37. The maximum Gasteiger partial charge on any atom is 0.267 e. The van der Waals surface area contributed by atoms with Gasteiger partial charge in [0, 0.05) is 6.04 Å². The molecule has 1 saturated carbocycles. The maximum absolute atomic E-state index is 13.3. The highest BCUT2D eigenvalue weighted by Crippen LogP contribution is 2.30. The van der Waals surface area contributed by atoms with Crippen LogP contribution < -0.4 is 10.6 Å². The number of likely N-dealkylation sites (tertiary alicyclic amines) is 1. The number of amides is 3. The highest BCUT2D eigenvalue weighted by atomic mass is 16.3. The Kier molecular flexibility index (Phi) is 7.20. The second-order valence-electron chi connectivity index (χ2n) is 8.94. The fourth-order valence-corrected chi connectivity index (χ4v) is 4.91. The minimum Gasteiger partial charge on any atom is -0.372 e. The monoisotopic (exact) mass is 449 g/mol. The molecule has 0 aromatic heterocycles. The van der Waals surface area contributed by atoms with Crippen LogP contribution in [-0.4, -0.2) is 52.9 Å². The number of hydrogen-bond donors (Lipinski definition) is 3. The zero-order valence-corrected chi connectivity index (χ0v) is 18.7. The minimum atomic E-state index is -2.01. The summed E-state index contributed by atoms with van der Waals surface area (Å²) in [6, 6.07) is 16.8. The van der Waals surface area contributed by atoms with E-state index in [1.54, 1.807) is 60.7 Å². The van der Waals surface area contributed by atoms with Crippen LogP contribution in [0.5, 0.6) is 0 Å². The molecule has 1 heterocycles. The molecule has 7 heteroatoms. The molecule has 0 unspecified atom stereocenters. The van der Waals surface area contributed by atoms with Crippen LogP contribution in [0, 0.1) is 0 Å². The number of imide groups is 1. The van der Waals surface area contributed by atoms with Gasteiger partial charge in [-0.15, -0.1) is 0 Å². The van der Waals surface area contributed by atoms with Crippen LogP contribution >= 0.6 is 0 Å². The summed E-state index contributed by atoms with van der Waals surface area (Å²) in [4.78, 5) is 40.7. The number of carbonyl (C=O) groups is 3. The fourth-order valence-electron chi connectivity index (χ4n) is 4.91. The van der Waals surface area contributed by atoms with E-state index in [9.17, 15) is 19.5 Å². The normalized spacial score (nSPS) is 19.4. The summed E-state index contributed by atoms with van der Waals surface area (Å²) in [6.07, 6.45) is 5.60. The second-order valence-corrected chi connectivity index (χ2v) is 8.94. The molecule has 4 rings (SSSR count). The molecule has 0 radical (unpaired) electrons. The van der Waals surface area contributed by atoms with E-state index in [2.05, 4.69) is 10.6 Å². The van der Waals surface area contributed by atoms with Crippen LogP contribution in [0.3, 0.4) is 0 Å². The molecule has 0 spiro atoms. The van der Waals surface area contributed by atoms with E-state index in [1.165, 1.54) is 0 Å². The molecule has 1 aliphatic carbocycles. The number of hydrogen-bond acceptors (Lipinski definition) is 5. The lowest BCUT2D eigenvalue weighted by Gasteiger charge is -2.29. The zero-order valence-electron chi connectivity index (χ0n) is 18.7. The predicted octanol–water partition coefficient (Wildman–Crippen LogP) is 2.09. The van der Waals surface area contributed by atoms with Gasteiger partial charge < -0.3 is 10.4 Å². The molecule has 3 amide bonds. The highest BCUT2D eigenvalue weighted by Gasteiger charge is 2.42. The Balaban J connectivity index is 1.46. The molecule has 33 heavy (non-hydrogen) atoms. The Morgan fingerprint density at radius 1 is 0.879 bits per heavy atom. The Hall–Kier alpha value is -3.03. The van der Waals surface area contributed by atoms with E-state index in [1.807, 2.05) is 4.90 Å². The molecule has 2 fully saturated rings. The molecule has 1 atom stereocenters. The smallest absolute Gasteiger partial charge is 0.267 e. The summed E-state index contributed by atoms with van der Waals surface area (Å²) >= 11 is 0. The zero-order chi connectivity index (χ0) is 23.3. The summed E-state index contributed by atoms with van der Waals surface area (Å²) in [5.41, 5.74) is -1.26. The Morgan fingerprint density at radius 3 is 2.03 bits per heavy atom. The average molecular weight is 450 g/mol. The molecule has 7 nitrogen and oxygen atoms in total. The van der Waals surface area contributed by atoms with Crippen molar-refractivity contribution in [2.24, 2.45) is 0 Å². The third kappa shape index (κ3) is 5.15. The van der Waals surface area contributed by atoms with Crippen molar-refractivity contribution in [1.29, 1.82) is 0 Å². The minimum absolute atomic E-state index is 0.0852. The molecule has 2 aromatic rings. The predicted molar refractivity (Wildman–Crippen MR) is 124 cm³/mol. The third-order valence-electron chi connectivity index (χ3n) is 6.68. The molecule has 2 aliphatic rings. The first-order chi connectivity index (χ1) is 16.0. The van der Waals surface area contributed by atoms with Gasteiger partial charge in [0.2, 0.25) is 11.8 Å². The van der Waals surface area contributed by atoms with Gasteiger partial charge in [0.25, 0.3) is 5.91 Å². The molecule has 3 N–H and O–H groups in total. The number of nitrogens with one attached hydrogen (secondary N) is 2. The quantitative estimate of drug-likeness (QED) is 0.601. The van der Waals surface area contributed by atoms with E-state index >= 15 is 0 Å². The largest absolute Gasteiger partial charge is 0.372 e. The Bertz CT molecular complexity index is 934. The van der Waals surface area contributed by atoms with Crippen molar-refractivity contribution in [2.45, 2.75) is 56.2 Å². The average Bonchev–Trinajstić information content (AvgIpc) is 3.51. The number of aliphatic hydroxyl groups is 1. The lowest BCUT2D eigenvalue weighted by Crippen LogP contribution is -2.53. The molecular weight excluding hydrogens is 418 g/mol. The lowest BCUT2D eigenvalue weighted by molar-refractivity contribution is -0.143. The number of carbonyl (C=O) groups excluding carboxylic acids is 3. The van der Waals surface area contributed by atoms with E-state index < -0.39 is 23.5 Å². The number of rotatable bonds is 7. The topological polar surface area (TPSA) is 98.7 Å². The van der Waals surface area contributed by atoms with Gasteiger partial charge in [-0.05, 0) is 43.4 Å². The summed E-state index contributed by atoms with van der Waals surface area (Å²) in [7, 11) is 0. The van der Waals surface area contributed by atoms with Crippen LogP contribution in [0.25, 0.3) is 0 Å². The third-order valence-corrected chi connectivity index (χ3v) is 6.68. The molecule has 2 aromatic carbocycles. The lowest BCUT2D eigenvalue weighted by atomic mass is 9.85. The van der Waals surface area contributed by atoms with Gasteiger partial charge in [0.1, 0.15) is 0 Å². The Morgan fingerprint density at radius 2 is 1.45 bits per heavy atom. The molecule has 1 aliphatic heterocycles. The van der Waals surface area contributed by atoms with Crippen molar-refractivity contribution in [1.82, 2.24) is 15.5 Å². The van der Waals surface area contributed by atoms with Crippen LogP contribution in [0.4, 0.5) is 0 Å². The van der Waals surface area contributed by atoms with Crippen molar-refractivity contribution in [2.75, 3.05) is 13.1 Å². The van der Waals surface area contributed by atoms with Crippen molar-refractivity contribution >= 4 is 17.7 Å². The van der Waals surface area contributed by atoms with Crippen molar-refractivity contribution < 1.29 is 19.5 Å². The first-order valence-electron chi connectivity index (χ1n) is 11.7. The first-order valence-corrected chi connectivity index (χ1v) is 11.7. The summed E-state index contributed by atoms with van der Waals surface area (Å²) in [5, 5.41) is 17.0. The van der Waals surface area contributed by atoms with Crippen LogP contribution in [-0.2, 0) is 20.0 Å². The van der Waals surface area contributed by atoms with E-state index in [0.29, 0.717) is 24.1 Å². The van der Waals surface area contributed by atoms with Gasteiger partial charge in [0.05, 0.1) is 12.6 Å². The van der Waals surface area contributed by atoms with E-state index in [4.69, 9.17) is 0 Å². The number of nitrogens with zero attached hydrogens (tertiary/aromatic N) is 1. The van der Waals surface area contributed by atoms with Crippen LogP contribution in [0.2, 0.25) is 0 Å². The highest BCUT2D eigenvalue weighted by molar-refractivity contribution is 6.03. The molecule has 1 saturated heterocycles. The summed E-state index contributed by atoms with van der Waals surface area (Å²) < 4.78 is 0. The van der Waals surface area contributed by atoms with Gasteiger partial charge in [-0.3, -0.25) is 24.6 Å². The summed E-state index contributed by atoms with van der Waals surface area (Å²) in [6.45, 7) is 0.746. The first kappa shape index (κ1) is 23.1. The maximum atomic E-state index is 13.3. The van der Waals surface area contributed by atoms with E-state index in [-0.39, 0.29) is 18.5 Å². The molecular formula is C26H31N3O4. The van der Waals surface area contributed by atoms with Gasteiger partial charge in [-0.2, -0.15) is 0 Å². The van der Waals surface area contributed by atoms with Gasteiger partial charge >= 0.3 is 0 Å². The molecule has 0 bridgehead atoms. The van der Waals surface area contributed by atoms with Gasteiger partial charge in [-0.1, -0.05) is 73.5 Å². The SMILES string of the molecule is O=C(CN1CCC[C@H]1C(=O)NC(=O)C(O)(c1ccccc1)c1ccccc1)NC1CCCC1. The van der Waals surface area contributed by atoms with Crippen molar-refractivity contribution in [3.63, 3.8) is 0 Å². The van der Waals surface area contributed by atoms with Crippen molar-refractivity contribution in [3.05, 3.63) is 71.8 Å². The van der Waals surface area contributed by atoms with Crippen molar-refractivity contribution in [3.8, 4) is 0 Å². The number of benzene rings is 2. The fraction of sp³-hybridized carbons (Fsp3) is 0.423. The Labute approximate surface area is 194 Å². The van der Waals surface area contributed by atoms with Gasteiger partial charge in [0.15, 0.2) is 5.60 Å². The second kappa shape index (κ2) is 10.3. The van der Waals surface area contributed by atoms with Crippen LogP contribution in [0.15, 0.2) is 60.7 Å². The van der Waals surface area contributed by atoms with E-state index in [0.717, 1.165) is 32.1 Å². The standard InChI is InChI=1S/C26H31N3O4/c30-23(27-21-14-7-8-15-21)18-29-17-9-16-22(29)24(31)28-25(32)26(33,19-10-3-1-4-11-19)20-12-5-2-6-13-20/h1-6,10-13,21-22,33H,7-9,14-18H2,(H,27,30)(H,28,31,32)/t22-/m0/s1. The molecule has 174 valence electrons. The van der Waals surface area contributed by atoms with Gasteiger partial charge in [-0.25, -0.2) is 0 Å². The van der Waals surface area contributed by atoms with Crippen LogP contribution in [0.1, 0.15) is 49.7 Å².